The molecule has 1 rings (SSSR count). The second-order valence-electron chi connectivity index (χ2n) is 4.25. The highest BCUT2D eigenvalue weighted by molar-refractivity contribution is 7.91. The molecule has 1 aliphatic carbocycles. The van der Waals surface area contributed by atoms with Crippen molar-refractivity contribution in [3.8, 4) is 0 Å². The average Bonchev–Trinajstić information content (AvgIpc) is 2.66. The van der Waals surface area contributed by atoms with Gasteiger partial charge in [0.25, 0.3) is 0 Å². The summed E-state index contributed by atoms with van der Waals surface area (Å²) in [7, 11) is -2.97. The maximum absolute atomic E-state index is 11.6. The van der Waals surface area contributed by atoms with E-state index in [2.05, 4.69) is 0 Å². The van der Waals surface area contributed by atoms with Crippen molar-refractivity contribution >= 4 is 27.0 Å². The second-order valence-corrected chi connectivity index (χ2v) is 7.12. The zero-order chi connectivity index (χ0) is 11.5. The molecule has 0 heterocycles. The molecule has 0 aliphatic heterocycles. The molecule has 0 saturated heterocycles. The Bertz CT molecular complexity index is 318. The normalized spacial score (nSPS) is 20.3. The van der Waals surface area contributed by atoms with Gasteiger partial charge in [-0.1, -0.05) is 32.0 Å². The van der Waals surface area contributed by atoms with E-state index in [1.165, 1.54) is 12.8 Å². The molecule has 0 aromatic rings. The highest BCUT2D eigenvalue weighted by Crippen LogP contribution is 2.32. The highest BCUT2D eigenvalue weighted by atomic mass is 32.2. The summed E-state index contributed by atoms with van der Waals surface area (Å²) < 4.78 is 23.1. The van der Waals surface area contributed by atoms with E-state index in [9.17, 15) is 8.42 Å². The lowest BCUT2D eigenvalue weighted by Crippen LogP contribution is -2.33. The average molecular weight is 249 g/mol. The van der Waals surface area contributed by atoms with E-state index in [-0.39, 0.29) is 17.4 Å². The number of hydrogen-bond donors (Lipinski definition) is 1. The Morgan fingerprint density at radius 1 is 1.47 bits per heavy atom. The molecule has 0 amide bonds. The maximum atomic E-state index is 11.6. The van der Waals surface area contributed by atoms with E-state index < -0.39 is 9.84 Å². The Hall–Kier alpha value is -0.160. The molecule has 1 atom stereocenters. The van der Waals surface area contributed by atoms with Crippen molar-refractivity contribution in [2.75, 3.05) is 11.5 Å². The summed E-state index contributed by atoms with van der Waals surface area (Å²) in [5, 5.41) is 0. The molecule has 0 aromatic heterocycles. The summed E-state index contributed by atoms with van der Waals surface area (Å²) in [6, 6.07) is 0. The van der Waals surface area contributed by atoms with Gasteiger partial charge in [0.1, 0.15) is 0 Å². The van der Waals surface area contributed by atoms with Crippen molar-refractivity contribution in [1.29, 1.82) is 0 Å². The summed E-state index contributed by atoms with van der Waals surface area (Å²) in [5.41, 5.74) is 5.65. The summed E-state index contributed by atoms with van der Waals surface area (Å²) in [6.07, 6.45) is 4.49. The summed E-state index contributed by atoms with van der Waals surface area (Å²) in [6.45, 7) is 1.67. The number of sulfone groups is 1. The van der Waals surface area contributed by atoms with Crippen LogP contribution in [0.1, 0.15) is 32.6 Å². The van der Waals surface area contributed by atoms with Crippen LogP contribution in [0.25, 0.3) is 0 Å². The summed E-state index contributed by atoms with van der Waals surface area (Å²) in [4.78, 5) is 0.374. The fourth-order valence-electron chi connectivity index (χ4n) is 2.20. The number of thiocarbonyl (C=S) groups is 1. The van der Waals surface area contributed by atoms with Crippen molar-refractivity contribution in [3.63, 3.8) is 0 Å². The maximum Gasteiger partial charge on any atom is 0.150 e. The molecular formula is C10H19NO2S2. The number of rotatable bonds is 5. The third-order valence-corrected chi connectivity index (χ3v) is 5.26. The monoisotopic (exact) mass is 249 g/mol. The molecule has 1 saturated carbocycles. The second kappa shape index (κ2) is 5.25. The van der Waals surface area contributed by atoms with Crippen LogP contribution in [0, 0.1) is 11.8 Å². The van der Waals surface area contributed by atoms with Gasteiger partial charge in [-0.2, -0.15) is 0 Å². The van der Waals surface area contributed by atoms with Gasteiger partial charge < -0.3 is 5.73 Å². The molecular weight excluding hydrogens is 230 g/mol. The first-order valence-corrected chi connectivity index (χ1v) is 7.69. The molecule has 88 valence electrons. The lowest BCUT2D eigenvalue weighted by Gasteiger charge is -2.21. The number of nitrogens with two attached hydrogens (primary N) is 1. The van der Waals surface area contributed by atoms with E-state index >= 15 is 0 Å². The fourth-order valence-corrected chi connectivity index (χ4v) is 3.82. The Morgan fingerprint density at radius 2 is 2.00 bits per heavy atom. The Labute approximate surface area is 97.3 Å². The van der Waals surface area contributed by atoms with Gasteiger partial charge in [0.05, 0.1) is 10.7 Å². The van der Waals surface area contributed by atoms with Crippen LogP contribution >= 0.6 is 12.2 Å². The van der Waals surface area contributed by atoms with Gasteiger partial charge in [0.2, 0.25) is 0 Å². The molecule has 5 heteroatoms. The fraction of sp³-hybridized carbons (Fsp3) is 0.900. The third kappa shape index (κ3) is 3.72. The van der Waals surface area contributed by atoms with Crippen LogP contribution < -0.4 is 5.73 Å². The topological polar surface area (TPSA) is 60.2 Å². The first-order valence-electron chi connectivity index (χ1n) is 5.46. The predicted molar refractivity (Wildman–Crippen MR) is 66.6 cm³/mol. The highest BCUT2D eigenvalue weighted by Gasteiger charge is 2.30. The molecule has 1 unspecified atom stereocenters. The van der Waals surface area contributed by atoms with Crippen LogP contribution in [-0.4, -0.2) is 24.9 Å². The lowest BCUT2D eigenvalue weighted by atomic mass is 9.92. The predicted octanol–water partition coefficient (Wildman–Crippen LogP) is 1.51. The van der Waals surface area contributed by atoms with E-state index in [0.29, 0.717) is 10.9 Å². The van der Waals surface area contributed by atoms with Crippen LogP contribution in [0.5, 0.6) is 0 Å². The van der Waals surface area contributed by atoms with Crippen LogP contribution in [-0.2, 0) is 9.84 Å². The minimum Gasteiger partial charge on any atom is -0.393 e. The quantitative estimate of drug-likeness (QED) is 0.750. The van der Waals surface area contributed by atoms with Gasteiger partial charge in [-0.15, -0.1) is 0 Å². The Balaban J connectivity index is 2.70. The summed E-state index contributed by atoms with van der Waals surface area (Å²) in [5.74, 6) is 0.610. The molecule has 0 spiro atoms. The molecule has 1 aliphatic rings. The molecule has 0 bridgehead atoms. The first-order chi connectivity index (χ1) is 6.96. The zero-order valence-electron chi connectivity index (χ0n) is 9.11. The minimum absolute atomic E-state index is 0.104. The van der Waals surface area contributed by atoms with Gasteiger partial charge in [-0.25, -0.2) is 8.42 Å². The smallest absolute Gasteiger partial charge is 0.150 e. The first kappa shape index (κ1) is 12.9. The van der Waals surface area contributed by atoms with Crippen LogP contribution in [0.2, 0.25) is 0 Å². The Kier molecular flexibility index (Phi) is 4.52. The van der Waals surface area contributed by atoms with Gasteiger partial charge >= 0.3 is 0 Å². The number of hydrogen-bond acceptors (Lipinski definition) is 3. The van der Waals surface area contributed by atoms with Gasteiger partial charge in [-0.3, -0.25) is 0 Å². The standard InChI is InChI=1S/C10H19NO2S2/c1-2-15(12,13)7-9(10(11)14)8-5-3-4-6-8/h8-9H,2-7H2,1H3,(H2,11,14). The molecule has 0 radical (unpaired) electrons. The summed E-state index contributed by atoms with van der Waals surface area (Å²) >= 11 is 4.98. The molecule has 3 nitrogen and oxygen atoms in total. The van der Waals surface area contributed by atoms with E-state index in [0.717, 1.165) is 12.8 Å². The molecule has 0 aromatic carbocycles. The van der Waals surface area contributed by atoms with Crippen molar-refractivity contribution in [2.24, 2.45) is 17.6 Å². The van der Waals surface area contributed by atoms with Crippen LogP contribution in [0.4, 0.5) is 0 Å². The van der Waals surface area contributed by atoms with Gasteiger partial charge in [-0.05, 0) is 18.8 Å². The van der Waals surface area contributed by atoms with Gasteiger partial charge in [0.15, 0.2) is 9.84 Å². The minimum atomic E-state index is -2.97. The van der Waals surface area contributed by atoms with Crippen molar-refractivity contribution < 1.29 is 8.42 Å². The molecule has 1 fully saturated rings. The molecule has 2 N–H and O–H groups in total. The third-order valence-electron chi connectivity index (χ3n) is 3.21. The molecule has 15 heavy (non-hydrogen) atoms. The zero-order valence-corrected chi connectivity index (χ0v) is 10.7. The van der Waals surface area contributed by atoms with E-state index in [4.69, 9.17) is 18.0 Å². The largest absolute Gasteiger partial charge is 0.393 e. The van der Waals surface area contributed by atoms with Crippen molar-refractivity contribution in [1.82, 2.24) is 0 Å². The Morgan fingerprint density at radius 3 is 2.40 bits per heavy atom. The van der Waals surface area contributed by atoms with Crippen molar-refractivity contribution in [3.05, 3.63) is 0 Å². The van der Waals surface area contributed by atoms with Crippen LogP contribution in [0.15, 0.2) is 0 Å². The van der Waals surface area contributed by atoms with Crippen LogP contribution in [0.3, 0.4) is 0 Å². The van der Waals surface area contributed by atoms with E-state index in [1.54, 1.807) is 6.92 Å². The van der Waals surface area contributed by atoms with Gasteiger partial charge in [0, 0.05) is 11.7 Å². The SMILES string of the molecule is CCS(=O)(=O)CC(C(N)=S)C1CCCC1. The lowest BCUT2D eigenvalue weighted by molar-refractivity contribution is 0.455. The van der Waals surface area contributed by atoms with Crippen molar-refractivity contribution in [2.45, 2.75) is 32.6 Å². The van der Waals surface area contributed by atoms with E-state index in [1.807, 2.05) is 0 Å².